The summed E-state index contributed by atoms with van der Waals surface area (Å²) in [5.41, 5.74) is 0.0573. The van der Waals surface area contributed by atoms with Gasteiger partial charge in [0.1, 0.15) is 5.60 Å². The predicted molar refractivity (Wildman–Crippen MR) is 115 cm³/mol. The fraction of sp³-hybridized carbons (Fsp3) is 0.391. The number of rotatable bonds is 3. The summed E-state index contributed by atoms with van der Waals surface area (Å²) in [5.74, 6) is -0.0873. The first-order valence-electron chi connectivity index (χ1n) is 10.3. The van der Waals surface area contributed by atoms with E-state index in [1.165, 1.54) is 23.1 Å². The van der Waals surface area contributed by atoms with Gasteiger partial charge in [0.25, 0.3) is 5.91 Å². The van der Waals surface area contributed by atoms with E-state index in [-0.39, 0.29) is 24.6 Å². The van der Waals surface area contributed by atoms with Crippen molar-refractivity contribution in [3.63, 3.8) is 0 Å². The number of hydrogen-bond donors (Lipinski definition) is 0. The Balaban J connectivity index is 1.42. The molecule has 0 unspecified atom stereocenters. The molecule has 2 aliphatic heterocycles. The first-order chi connectivity index (χ1) is 15.1. The lowest BCUT2D eigenvalue weighted by atomic mass is 9.90. The molecule has 2 aromatic carbocycles. The second-order valence-corrected chi connectivity index (χ2v) is 9.17. The van der Waals surface area contributed by atoms with Gasteiger partial charge in [-0.05, 0) is 42.3 Å². The maximum Gasteiger partial charge on any atom is 0.416 e. The van der Waals surface area contributed by atoms with Gasteiger partial charge in [0.15, 0.2) is 0 Å². The van der Waals surface area contributed by atoms with Crippen LogP contribution in [0.15, 0.2) is 46.9 Å². The van der Waals surface area contributed by atoms with Crippen molar-refractivity contribution < 1.29 is 27.5 Å². The molecule has 0 aliphatic carbocycles. The fourth-order valence-corrected chi connectivity index (χ4v) is 4.54. The third-order valence-corrected chi connectivity index (χ3v) is 6.98. The van der Waals surface area contributed by atoms with Crippen LogP contribution in [0.3, 0.4) is 0 Å². The molecule has 2 aromatic rings. The van der Waals surface area contributed by atoms with Gasteiger partial charge in [-0.2, -0.15) is 13.2 Å². The van der Waals surface area contributed by atoms with Crippen molar-refractivity contribution in [2.75, 3.05) is 19.6 Å². The molecule has 0 N–H and O–H groups in total. The molecule has 0 aromatic heterocycles. The zero-order valence-corrected chi connectivity index (χ0v) is 19.0. The number of nitrogens with zero attached hydrogens (tertiary/aromatic N) is 2. The highest BCUT2D eigenvalue weighted by Crippen LogP contribution is 2.37. The summed E-state index contributed by atoms with van der Waals surface area (Å²) < 4.78 is 46.5. The van der Waals surface area contributed by atoms with Crippen LogP contribution in [0.2, 0.25) is 0 Å². The van der Waals surface area contributed by atoms with Gasteiger partial charge in [0.2, 0.25) is 0 Å². The number of carbonyl (C=O) groups excluding carboxylic acids is 2. The molecular formula is C23H22BrF3N2O3. The van der Waals surface area contributed by atoms with Gasteiger partial charge in [-0.15, -0.1) is 0 Å². The molecule has 9 heteroatoms. The molecule has 2 heterocycles. The number of halogens is 4. The summed E-state index contributed by atoms with van der Waals surface area (Å²) in [5, 5.41) is 0. The zero-order chi connectivity index (χ0) is 23.1. The molecule has 0 atom stereocenters. The predicted octanol–water partition coefficient (Wildman–Crippen LogP) is 5.40. The molecule has 2 fully saturated rings. The van der Waals surface area contributed by atoms with E-state index >= 15 is 0 Å². The minimum absolute atomic E-state index is 0.0345. The molecule has 170 valence electrons. The van der Waals surface area contributed by atoms with E-state index in [4.69, 9.17) is 4.74 Å². The number of aryl methyl sites for hydroxylation is 1. The monoisotopic (exact) mass is 510 g/mol. The van der Waals surface area contributed by atoms with E-state index in [0.717, 1.165) is 16.1 Å². The maximum atomic E-state index is 13.3. The quantitative estimate of drug-likeness (QED) is 0.555. The Bertz CT molecular complexity index is 1050. The standard InChI is InChI=1S/C23H22BrF3N2O3/c1-15-12-16(6-7-19(15)24)20(30)28-10-8-22(9-11-28)14-29(21(31)32-22)13-17-4-2-3-5-18(17)23(25,26)27/h2-7,12H,8-11,13-14H2,1H3. The fourth-order valence-electron chi connectivity index (χ4n) is 4.29. The zero-order valence-electron chi connectivity index (χ0n) is 17.4. The summed E-state index contributed by atoms with van der Waals surface area (Å²) in [6.07, 6.45) is -4.23. The van der Waals surface area contributed by atoms with Crippen molar-refractivity contribution in [3.05, 3.63) is 69.2 Å². The maximum absolute atomic E-state index is 13.3. The molecule has 2 saturated heterocycles. The van der Waals surface area contributed by atoms with E-state index < -0.39 is 23.4 Å². The van der Waals surface area contributed by atoms with Crippen molar-refractivity contribution in [2.45, 2.75) is 38.1 Å². The third kappa shape index (κ3) is 4.48. The highest BCUT2D eigenvalue weighted by molar-refractivity contribution is 9.10. The molecule has 0 radical (unpaired) electrons. The van der Waals surface area contributed by atoms with Crippen LogP contribution in [0.1, 0.15) is 39.9 Å². The third-order valence-electron chi connectivity index (χ3n) is 6.09. The molecule has 0 saturated carbocycles. The van der Waals surface area contributed by atoms with Crippen molar-refractivity contribution in [1.29, 1.82) is 0 Å². The SMILES string of the molecule is Cc1cc(C(=O)N2CCC3(CC2)CN(Cc2ccccc2C(F)(F)F)C(=O)O3)ccc1Br. The first-order valence-corrected chi connectivity index (χ1v) is 11.1. The topological polar surface area (TPSA) is 49.9 Å². The number of carbonyl (C=O) groups is 2. The lowest BCUT2D eigenvalue weighted by Crippen LogP contribution is -2.48. The van der Waals surface area contributed by atoms with Crippen LogP contribution in [-0.2, 0) is 17.5 Å². The van der Waals surface area contributed by atoms with Crippen molar-refractivity contribution in [3.8, 4) is 0 Å². The molecule has 4 rings (SSSR count). The Kier molecular flexibility index (Phi) is 5.96. The van der Waals surface area contributed by atoms with Crippen LogP contribution in [0.4, 0.5) is 18.0 Å². The Labute approximate surface area is 192 Å². The summed E-state index contributed by atoms with van der Waals surface area (Å²) in [6.45, 7) is 2.77. The van der Waals surface area contributed by atoms with Gasteiger partial charge in [-0.25, -0.2) is 4.79 Å². The van der Waals surface area contributed by atoms with Crippen LogP contribution < -0.4 is 0 Å². The molecule has 0 bridgehead atoms. The Morgan fingerprint density at radius 1 is 1.16 bits per heavy atom. The second kappa shape index (κ2) is 8.42. The number of likely N-dealkylation sites (tertiary alicyclic amines) is 1. The minimum atomic E-state index is -4.49. The highest BCUT2D eigenvalue weighted by atomic mass is 79.9. The highest BCUT2D eigenvalue weighted by Gasteiger charge is 2.48. The molecular weight excluding hydrogens is 489 g/mol. The van der Waals surface area contributed by atoms with Crippen molar-refractivity contribution >= 4 is 27.9 Å². The molecule has 5 nitrogen and oxygen atoms in total. The summed E-state index contributed by atoms with van der Waals surface area (Å²) >= 11 is 3.42. The van der Waals surface area contributed by atoms with E-state index in [9.17, 15) is 22.8 Å². The number of ether oxygens (including phenoxy) is 1. The number of alkyl halides is 3. The number of benzene rings is 2. The Morgan fingerprint density at radius 2 is 1.84 bits per heavy atom. The van der Waals surface area contributed by atoms with Gasteiger partial charge in [-0.3, -0.25) is 9.69 Å². The van der Waals surface area contributed by atoms with E-state index in [2.05, 4.69) is 15.9 Å². The van der Waals surface area contributed by atoms with E-state index in [0.29, 0.717) is 31.5 Å². The average molecular weight is 511 g/mol. The van der Waals surface area contributed by atoms with Gasteiger partial charge < -0.3 is 9.64 Å². The Morgan fingerprint density at radius 3 is 2.50 bits per heavy atom. The van der Waals surface area contributed by atoms with Crippen LogP contribution in [-0.4, -0.2) is 47.0 Å². The summed E-state index contributed by atoms with van der Waals surface area (Å²) in [4.78, 5) is 28.4. The summed E-state index contributed by atoms with van der Waals surface area (Å²) in [7, 11) is 0. The van der Waals surface area contributed by atoms with Crippen LogP contribution in [0.5, 0.6) is 0 Å². The molecule has 2 aliphatic rings. The molecule has 32 heavy (non-hydrogen) atoms. The number of piperidine rings is 1. The van der Waals surface area contributed by atoms with Gasteiger partial charge in [0.05, 0.1) is 12.1 Å². The summed E-state index contributed by atoms with van der Waals surface area (Å²) in [6, 6.07) is 10.7. The molecule has 1 spiro atoms. The second-order valence-electron chi connectivity index (χ2n) is 8.32. The van der Waals surface area contributed by atoms with Gasteiger partial charge in [0, 0.05) is 42.5 Å². The van der Waals surface area contributed by atoms with Crippen LogP contribution in [0, 0.1) is 6.92 Å². The van der Waals surface area contributed by atoms with E-state index in [1.54, 1.807) is 11.0 Å². The van der Waals surface area contributed by atoms with Crippen molar-refractivity contribution in [1.82, 2.24) is 9.80 Å². The average Bonchev–Trinajstić information content (AvgIpc) is 3.04. The lowest BCUT2D eigenvalue weighted by Gasteiger charge is -2.37. The smallest absolute Gasteiger partial charge is 0.416 e. The largest absolute Gasteiger partial charge is 0.441 e. The van der Waals surface area contributed by atoms with Gasteiger partial charge in [-0.1, -0.05) is 34.1 Å². The Hall–Kier alpha value is -2.55. The first kappa shape index (κ1) is 22.6. The minimum Gasteiger partial charge on any atom is -0.441 e. The molecule has 2 amide bonds. The van der Waals surface area contributed by atoms with Gasteiger partial charge >= 0.3 is 12.3 Å². The van der Waals surface area contributed by atoms with E-state index in [1.807, 2.05) is 19.1 Å². The van der Waals surface area contributed by atoms with Crippen LogP contribution in [0.25, 0.3) is 0 Å². The lowest BCUT2D eigenvalue weighted by molar-refractivity contribution is -0.138. The number of amides is 2. The normalized spacial score (nSPS) is 18.2. The van der Waals surface area contributed by atoms with Crippen molar-refractivity contribution in [2.24, 2.45) is 0 Å². The van der Waals surface area contributed by atoms with Crippen LogP contribution >= 0.6 is 15.9 Å². The number of hydrogen-bond acceptors (Lipinski definition) is 3.